The number of piperazine rings is 1. The smallest absolute Gasteiger partial charge is 0.334 e. The normalized spacial score (nSPS) is 19.2. The molecule has 2 atom stereocenters. The first-order chi connectivity index (χ1) is 19.9. The summed E-state index contributed by atoms with van der Waals surface area (Å²) in [6.07, 6.45) is 1.41. The maximum Gasteiger partial charge on any atom is 0.334 e. The number of urea groups is 1. The average molecular weight is 556 g/mol. The highest BCUT2D eigenvalue weighted by atomic mass is 16.5. The van der Waals surface area contributed by atoms with Gasteiger partial charge in [-0.25, -0.2) is 14.8 Å². The van der Waals surface area contributed by atoms with Crippen molar-refractivity contribution in [2.75, 3.05) is 33.8 Å². The van der Waals surface area contributed by atoms with Gasteiger partial charge < -0.3 is 19.9 Å². The molecule has 3 aromatic rings. The Bertz CT molecular complexity index is 1340. The number of fused-ring (bicyclic) bond motifs is 1. The maximum absolute atomic E-state index is 13.9. The SMILES string of the molecule is COc1ccc(CNC(=O)N2[C@H]3CN(CCCc4ccccc4)C(=O)[C@H](Cc4ccccc4)N3C(=O)CN2C)cc1. The molecular weight excluding hydrogens is 518 g/mol. The second-order valence-corrected chi connectivity index (χ2v) is 10.5. The predicted octanol–water partition coefficient (Wildman–Crippen LogP) is 3.31. The van der Waals surface area contributed by atoms with Gasteiger partial charge in [0, 0.05) is 26.6 Å². The number of nitrogens with one attached hydrogen (secondary N) is 1. The topological polar surface area (TPSA) is 85.4 Å². The third-order valence-corrected chi connectivity index (χ3v) is 7.76. The molecule has 4 amide bonds. The zero-order valence-corrected chi connectivity index (χ0v) is 23.6. The number of hydrogen-bond donors (Lipinski definition) is 1. The molecule has 2 saturated heterocycles. The third-order valence-electron chi connectivity index (χ3n) is 7.76. The van der Waals surface area contributed by atoms with Crippen molar-refractivity contribution in [3.63, 3.8) is 0 Å². The van der Waals surface area contributed by atoms with Crippen molar-refractivity contribution in [3.05, 3.63) is 102 Å². The van der Waals surface area contributed by atoms with Crippen LogP contribution in [0.4, 0.5) is 4.79 Å². The van der Waals surface area contributed by atoms with Crippen LogP contribution in [-0.2, 0) is 29.0 Å². The van der Waals surface area contributed by atoms with E-state index in [-0.39, 0.29) is 30.9 Å². The van der Waals surface area contributed by atoms with E-state index in [4.69, 9.17) is 4.74 Å². The quantitative estimate of drug-likeness (QED) is 0.438. The number of hydrogen-bond acceptors (Lipinski definition) is 5. The Labute approximate surface area is 241 Å². The van der Waals surface area contributed by atoms with Crippen LogP contribution >= 0.6 is 0 Å². The molecule has 0 unspecified atom stereocenters. The van der Waals surface area contributed by atoms with Crippen molar-refractivity contribution in [2.45, 2.75) is 38.0 Å². The lowest BCUT2D eigenvalue weighted by atomic mass is 9.98. The molecule has 0 aliphatic carbocycles. The van der Waals surface area contributed by atoms with Gasteiger partial charge in [0.2, 0.25) is 11.8 Å². The van der Waals surface area contributed by atoms with Gasteiger partial charge in [-0.05, 0) is 41.7 Å². The summed E-state index contributed by atoms with van der Waals surface area (Å²) in [4.78, 5) is 44.4. The predicted molar refractivity (Wildman–Crippen MR) is 156 cm³/mol. The fraction of sp³-hybridized carbons (Fsp3) is 0.344. The van der Waals surface area contributed by atoms with Gasteiger partial charge in [-0.1, -0.05) is 72.8 Å². The number of aryl methyl sites for hydroxylation is 1. The summed E-state index contributed by atoms with van der Waals surface area (Å²) in [5, 5.41) is 6.26. The minimum Gasteiger partial charge on any atom is -0.497 e. The molecule has 5 rings (SSSR count). The Morgan fingerprint density at radius 2 is 1.56 bits per heavy atom. The molecule has 2 aliphatic rings. The first-order valence-corrected chi connectivity index (χ1v) is 14.0. The van der Waals surface area contributed by atoms with Crippen LogP contribution in [0.3, 0.4) is 0 Å². The Balaban J connectivity index is 1.36. The summed E-state index contributed by atoms with van der Waals surface area (Å²) >= 11 is 0. The molecule has 2 fully saturated rings. The van der Waals surface area contributed by atoms with E-state index in [1.807, 2.05) is 77.7 Å². The van der Waals surface area contributed by atoms with E-state index in [2.05, 4.69) is 17.4 Å². The highest BCUT2D eigenvalue weighted by Crippen LogP contribution is 2.28. The van der Waals surface area contributed by atoms with Crippen molar-refractivity contribution in [1.29, 1.82) is 0 Å². The fourth-order valence-corrected chi connectivity index (χ4v) is 5.66. The van der Waals surface area contributed by atoms with Gasteiger partial charge in [-0.3, -0.25) is 9.59 Å². The average Bonchev–Trinajstić information content (AvgIpc) is 2.99. The van der Waals surface area contributed by atoms with Crippen LogP contribution in [0.5, 0.6) is 5.75 Å². The Kier molecular flexibility index (Phi) is 8.84. The summed E-state index contributed by atoms with van der Waals surface area (Å²) in [5.41, 5.74) is 3.11. The van der Waals surface area contributed by atoms with Crippen LogP contribution in [0, 0.1) is 0 Å². The van der Waals surface area contributed by atoms with Gasteiger partial charge in [0.1, 0.15) is 18.0 Å². The van der Waals surface area contributed by atoms with Crippen LogP contribution in [0.25, 0.3) is 0 Å². The van der Waals surface area contributed by atoms with Crippen molar-refractivity contribution >= 4 is 17.8 Å². The van der Waals surface area contributed by atoms with Crippen molar-refractivity contribution in [3.8, 4) is 5.75 Å². The van der Waals surface area contributed by atoms with Gasteiger partial charge >= 0.3 is 6.03 Å². The van der Waals surface area contributed by atoms with Gasteiger partial charge in [0.05, 0.1) is 20.2 Å². The summed E-state index contributed by atoms with van der Waals surface area (Å²) < 4.78 is 5.23. The monoisotopic (exact) mass is 555 g/mol. The standard InChI is InChI=1S/C32H37N5O4/c1-34-23-30(38)36-28(20-25-12-7-4-8-13-25)31(39)35(19-9-14-24-10-5-3-6-11-24)22-29(36)37(34)32(40)33-21-26-15-17-27(41-2)18-16-26/h3-8,10-13,15-18,28-29H,9,14,19-23H2,1-2H3,(H,33,40)/t28-,29-/m0/s1. The molecule has 0 spiro atoms. The number of rotatable bonds is 9. The van der Waals surface area contributed by atoms with E-state index in [1.54, 1.807) is 29.1 Å². The molecule has 0 saturated carbocycles. The van der Waals surface area contributed by atoms with Crippen molar-refractivity contribution in [2.24, 2.45) is 0 Å². The second kappa shape index (κ2) is 12.9. The molecule has 0 radical (unpaired) electrons. The number of carbonyl (C=O) groups excluding carboxylic acids is 3. The zero-order chi connectivity index (χ0) is 28.8. The number of amides is 4. The van der Waals surface area contributed by atoms with Crippen molar-refractivity contribution in [1.82, 2.24) is 25.1 Å². The molecule has 214 valence electrons. The highest BCUT2D eigenvalue weighted by Gasteiger charge is 2.50. The molecule has 3 aromatic carbocycles. The summed E-state index contributed by atoms with van der Waals surface area (Å²) in [6.45, 7) is 1.13. The van der Waals surface area contributed by atoms with Crippen LogP contribution in [0.2, 0.25) is 0 Å². The summed E-state index contributed by atoms with van der Waals surface area (Å²) in [7, 11) is 3.35. The second-order valence-electron chi connectivity index (χ2n) is 10.5. The largest absolute Gasteiger partial charge is 0.497 e. The van der Waals surface area contributed by atoms with E-state index in [0.29, 0.717) is 19.5 Å². The molecule has 0 aromatic heterocycles. The van der Waals surface area contributed by atoms with Gasteiger partial charge in [0.15, 0.2) is 0 Å². The number of hydrazine groups is 1. The molecular formula is C32H37N5O4. The summed E-state index contributed by atoms with van der Waals surface area (Å²) in [6, 6.07) is 26.4. The summed E-state index contributed by atoms with van der Waals surface area (Å²) in [5.74, 6) is 0.512. The van der Waals surface area contributed by atoms with Crippen LogP contribution in [-0.4, -0.2) is 83.7 Å². The lowest BCUT2D eigenvalue weighted by molar-refractivity contribution is -0.186. The first-order valence-electron chi connectivity index (χ1n) is 14.0. The maximum atomic E-state index is 13.9. The van der Waals surface area contributed by atoms with E-state index in [0.717, 1.165) is 29.7 Å². The van der Waals surface area contributed by atoms with E-state index < -0.39 is 12.2 Å². The number of ether oxygens (including phenoxy) is 1. The fourth-order valence-electron chi connectivity index (χ4n) is 5.66. The molecule has 9 heteroatoms. The molecule has 2 aliphatic heterocycles. The highest BCUT2D eigenvalue weighted by molar-refractivity contribution is 5.91. The Hall–Kier alpha value is -4.37. The number of carbonyl (C=O) groups is 3. The van der Waals surface area contributed by atoms with E-state index in [1.165, 1.54) is 5.56 Å². The van der Waals surface area contributed by atoms with Gasteiger partial charge in [-0.2, -0.15) is 0 Å². The minimum atomic E-state index is -0.689. The molecule has 2 heterocycles. The molecule has 1 N–H and O–H groups in total. The lowest BCUT2D eigenvalue weighted by Gasteiger charge is -2.54. The van der Waals surface area contributed by atoms with Crippen LogP contribution in [0.1, 0.15) is 23.1 Å². The Morgan fingerprint density at radius 3 is 2.22 bits per heavy atom. The molecule has 9 nitrogen and oxygen atoms in total. The lowest BCUT2D eigenvalue weighted by Crippen LogP contribution is -2.76. The van der Waals surface area contributed by atoms with Gasteiger partial charge in [0.25, 0.3) is 0 Å². The van der Waals surface area contributed by atoms with Gasteiger partial charge in [-0.15, -0.1) is 0 Å². The number of likely N-dealkylation sites (N-methyl/N-ethyl adjacent to an activating group) is 1. The zero-order valence-electron chi connectivity index (χ0n) is 23.6. The van der Waals surface area contributed by atoms with Crippen LogP contribution < -0.4 is 10.1 Å². The first kappa shape index (κ1) is 28.2. The van der Waals surface area contributed by atoms with Crippen molar-refractivity contribution < 1.29 is 19.1 Å². The number of benzene rings is 3. The van der Waals surface area contributed by atoms with E-state index >= 15 is 0 Å². The molecule has 0 bridgehead atoms. The number of nitrogens with zero attached hydrogens (tertiary/aromatic N) is 4. The third kappa shape index (κ3) is 6.52. The number of methoxy groups -OCH3 is 1. The van der Waals surface area contributed by atoms with E-state index in [9.17, 15) is 14.4 Å². The van der Waals surface area contributed by atoms with Crippen LogP contribution in [0.15, 0.2) is 84.9 Å². The Morgan fingerprint density at radius 1 is 0.902 bits per heavy atom. The minimum absolute atomic E-state index is 0.0129. The molecule has 41 heavy (non-hydrogen) atoms.